The molecule has 0 unspecified atom stereocenters. The van der Waals surface area contributed by atoms with Crippen LogP contribution in [0.25, 0.3) is 0 Å². The fourth-order valence-corrected chi connectivity index (χ4v) is 4.09. The number of nitrogens with one attached hydrogen (secondary N) is 1. The number of carbonyl (C=O) groups excluding carboxylic acids is 2. The molecule has 2 aliphatic heterocycles. The Morgan fingerprint density at radius 1 is 1.12 bits per heavy atom. The number of amides is 2. The van der Waals surface area contributed by atoms with Gasteiger partial charge in [0.25, 0.3) is 17.8 Å². The van der Waals surface area contributed by atoms with E-state index in [1.165, 1.54) is 17.2 Å². The van der Waals surface area contributed by atoms with Gasteiger partial charge in [0, 0.05) is 6.07 Å². The van der Waals surface area contributed by atoms with Crippen molar-refractivity contribution in [2.75, 3.05) is 37.7 Å². The molecule has 0 radical (unpaired) electrons. The van der Waals surface area contributed by atoms with Gasteiger partial charge < -0.3 is 19.9 Å². The first-order valence-electron chi connectivity index (χ1n) is 11.2. The van der Waals surface area contributed by atoms with Gasteiger partial charge in [0.05, 0.1) is 44.7 Å². The first-order chi connectivity index (χ1) is 15.5. The van der Waals surface area contributed by atoms with Crippen molar-refractivity contribution in [2.24, 2.45) is 5.92 Å². The van der Waals surface area contributed by atoms with Crippen molar-refractivity contribution in [1.29, 1.82) is 0 Å². The summed E-state index contributed by atoms with van der Waals surface area (Å²) in [6.45, 7) is 1.54. The van der Waals surface area contributed by atoms with Gasteiger partial charge >= 0.3 is 0 Å². The number of likely N-dealkylation sites (tertiary alicyclic amines) is 1. The lowest BCUT2D eigenvalue weighted by Crippen LogP contribution is -2.67. The maximum atomic E-state index is 13.3. The van der Waals surface area contributed by atoms with Crippen LogP contribution in [0, 0.1) is 5.92 Å². The predicted molar refractivity (Wildman–Crippen MR) is 112 cm³/mol. The lowest BCUT2D eigenvalue weighted by Gasteiger charge is -2.44. The van der Waals surface area contributed by atoms with Crippen LogP contribution in [0.1, 0.15) is 50.0 Å². The predicted octanol–water partition coefficient (Wildman–Crippen LogP) is 3.09. The fourth-order valence-electron chi connectivity index (χ4n) is 4.09. The molecule has 7 nitrogen and oxygen atoms in total. The van der Waals surface area contributed by atoms with Gasteiger partial charge in [0.15, 0.2) is 11.4 Å². The number of rotatable bonds is 9. The van der Waals surface area contributed by atoms with Crippen LogP contribution in [0.2, 0.25) is 0 Å². The minimum atomic E-state index is -2.91. The molecule has 0 spiro atoms. The summed E-state index contributed by atoms with van der Waals surface area (Å²) in [5.74, 6) is -6.39. The van der Waals surface area contributed by atoms with Gasteiger partial charge in [-0.3, -0.25) is 9.59 Å². The van der Waals surface area contributed by atoms with Gasteiger partial charge in [-0.05, 0) is 31.6 Å². The topological polar surface area (TPSA) is 74.8 Å². The molecule has 1 aliphatic carbocycles. The SMILES string of the molecule is CCC(CC)(NC(=O)c1ncc(N2CC(F)(F)C2)cc1OCC1CC1)C(=O)N1CC(F)(F)C1. The molecule has 182 valence electrons. The molecule has 0 bridgehead atoms. The van der Waals surface area contributed by atoms with Crippen LogP contribution in [0.5, 0.6) is 5.75 Å². The quantitative estimate of drug-likeness (QED) is 0.559. The van der Waals surface area contributed by atoms with Crippen molar-refractivity contribution >= 4 is 17.5 Å². The number of hydrogen-bond acceptors (Lipinski definition) is 5. The molecule has 2 amide bonds. The highest BCUT2D eigenvalue weighted by Gasteiger charge is 2.51. The van der Waals surface area contributed by atoms with E-state index in [-0.39, 0.29) is 24.3 Å². The van der Waals surface area contributed by atoms with Crippen molar-refractivity contribution in [3.8, 4) is 5.75 Å². The molecule has 1 saturated carbocycles. The van der Waals surface area contributed by atoms with Crippen molar-refractivity contribution in [3.05, 3.63) is 18.0 Å². The molecular formula is C22H28F4N4O3. The Balaban J connectivity index is 1.54. The van der Waals surface area contributed by atoms with Gasteiger partial charge in [-0.15, -0.1) is 0 Å². The highest BCUT2D eigenvalue weighted by atomic mass is 19.3. The van der Waals surface area contributed by atoms with Gasteiger partial charge in [-0.25, -0.2) is 22.5 Å². The van der Waals surface area contributed by atoms with Crippen LogP contribution in [-0.2, 0) is 4.79 Å². The Morgan fingerprint density at radius 3 is 2.24 bits per heavy atom. The van der Waals surface area contributed by atoms with Crippen molar-refractivity contribution in [3.63, 3.8) is 0 Å². The van der Waals surface area contributed by atoms with Gasteiger partial charge in [-0.1, -0.05) is 13.8 Å². The first-order valence-corrected chi connectivity index (χ1v) is 11.2. The average molecular weight is 472 g/mol. The highest BCUT2D eigenvalue weighted by Crippen LogP contribution is 2.36. The molecule has 3 aliphatic rings. The van der Waals surface area contributed by atoms with Crippen LogP contribution >= 0.6 is 0 Å². The Morgan fingerprint density at radius 2 is 1.73 bits per heavy atom. The first kappa shape index (κ1) is 23.6. The molecule has 1 aromatic heterocycles. The number of halogens is 4. The average Bonchev–Trinajstić information content (AvgIpc) is 3.56. The molecule has 3 fully saturated rings. The zero-order chi connectivity index (χ0) is 24.0. The van der Waals surface area contributed by atoms with Crippen molar-refractivity contribution in [2.45, 2.75) is 56.9 Å². The Labute approximate surface area is 189 Å². The van der Waals surface area contributed by atoms with E-state index >= 15 is 0 Å². The Bertz CT molecular complexity index is 918. The minimum Gasteiger partial charge on any atom is -0.491 e. The summed E-state index contributed by atoms with van der Waals surface area (Å²) in [5.41, 5.74) is -1.01. The summed E-state index contributed by atoms with van der Waals surface area (Å²) < 4.78 is 59.0. The molecule has 3 heterocycles. The maximum absolute atomic E-state index is 13.3. The maximum Gasteiger partial charge on any atom is 0.282 e. The zero-order valence-electron chi connectivity index (χ0n) is 18.7. The highest BCUT2D eigenvalue weighted by molar-refractivity contribution is 6.00. The van der Waals surface area contributed by atoms with E-state index in [1.54, 1.807) is 13.8 Å². The molecule has 11 heteroatoms. The smallest absolute Gasteiger partial charge is 0.282 e. The third-order valence-electron chi connectivity index (χ3n) is 6.54. The van der Waals surface area contributed by atoms with E-state index in [4.69, 9.17) is 4.74 Å². The van der Waals surface area contributed by atoms with Gasteiger partial charge in [0.1, 0.15) is 5.54 Å². The second-order valence-corrected chi connectivity index (χ2v) is 9.27. The van der Waals surface area contributed by atoms with E-state index in [0.29, 0.717) is 18.2 Å². The number of aromatic nitrogens is 1. The Kier molecular flexibility index (Phi) is 5.94. The Hall–Kier alpha value is -2.59. The largest absolute Gasteiger partial charge is 0.491 e. The molecule has 1 N–H and O–H groups in total. The number of nitrogens with zero attached hydrogens (tertiary/aromatic N) is 3. The zero-order valence-corrected chi connectivity index (χ0v) is 18.7. The molecule has 0 atom stereocenters. The van der Waals surface area contributed by atoms with Crippen LogP contribution in [0.3, 0.4) is 0 Å². The number of ether oxygens (including phenoxy) is 1. The summed E-state index contributed by atoms with van der Waals surface area (Å²) in [7, 11) is 0. The van der Waals surface area contributed by atoms with Crippen molar-refractivity contribution < 1.29 is 31.9 Å². The van der Waals surface area contributed by atoms with Crippen LogP contribution in [0.4, 0.5) is 23.2 Å². The fraction of sp³-hybridized carbons (Fsp3) is 0.682. The number of hydrogen-bond donors (Lipinski definition) is 1. The van der Waals surface area contributed by atoms with Gasteiger partial charge in [-0.2, -0.15) is 0 Å². The van der Waals surface area contributed by atoms with Crippen LogP contribution in [-0.4, -0.2) is 71.9 Å². The number of carbonyl (C=O) groups is 2. The van der Waals surface area contributed by atoms with Crippen LogP contribution < -0.4 is 15.0 Å². The molecule has 33 heavy (non-hydrogen) atoms. The minimum absolute atomic E-state index is 0.0697. The molecule has 2 saturated heterocycles. The summed E-state index contributed by atoms with van der Waals surface area (Å²) in [4.78, 5) is 32.8. The summed E-state index contributed by atoms with van der Waals surface area (Å²) in [6.07, 6.45) is 3.75. The summed E-state index contributed by atoms with van der Waals surface area (Å²) >= 11 is 0. The lowest BCUT2D eigenvalue weighted by atomic mass is 9.89. The summed E-state index contributed by atoms with van der Waals surface area (Å²) in [5, 5.41) is 2.70. The van der Waals surface area contributed by atoms with Crippen molar-refractivity contribution in [1.82, 2.24) is 15.2 Å². The second kappa shape index (κ2) is 8.32. The number of pyridine rings is 1. The molecule has 4 rings (SSSR count). The van der Waals surface area contributed by atoms with E-state index in [0.717, 1.165) is 17.7 Å². The number of alkyl halides is 4. The van der Waals surface area contributed by atoms with E-state index in [1.807, 2.05) is 0 Å². The van der Waals surface area contributed by atoms with Gasteiger partial charge in [0.2, 0.25) is 5.91 Å². The monoisotopic (exact) mass is 472 g/mol. The van der Waals surface area contributed by atoms with E-state index in [9.17, 15) is 27.2 Å². The van der Waals surface area contributed by atoms with E-state index in [2.05, 4.69) is 10.3 Å². The molecular weight excluding hydrogens is 444 g/mol. The standard InChI is InChI=1S/C22H28F4N4O3/c1-3-20(4-2,19(32)30-12-22(25,26)13-30)28-18(31)17-16(33-9-14-5-6-14)7-15(8-27-17)29-10-21(23,24)11-29/h7-8,14H,3-6,9-13H2,1-2H3,(H,28,31). The lowest BCUT2D eigenvalue weighted by molar-refractivity contribution is -0.172. The van der Waals surface area contributed by atoms with E-state index < -0.39 is 55.4 Å². The second-order valence-electron chi connectivity index (χ2n) is 9.27. The third kappa shape index (κ3) is 4.86. The molecule has 1 aromatic rings. The molecule has 0 aromatic carbocycles. The number of anilines is 1. The normalized spacial score (nSPS) is 21.2. The summed E-state index contributed by atoms with van der Waals surface area (Å²) in [6, 6.07) is 1.51. The third-order valence-corrected chi connectivity index (χ3v) is 6.54. The van der Waals surface area contributed by atoms with Crippen LogP contribution in [0.15, 0.2) is 12.3 Å².